The van der Waals surface area contributed by atoms with Gasteiger partial charge in [-0.1, -0.05) is 81.5 Å². The average molecular weight is 630 g/mol. The van der Waals surface area contributed by atoms with Gasteiger partial charge < -0.3 is 19.8 Å². The highest BCUT2D eigenvalue weighted by molar-refractivity contribution is 8.02. The average Bonchev–Trinajstić information content (AvgIpc) is 3.60. The van der Waals surface area contributed by atoms with Crippen molar-refractivity contribution in [3.63, 3.8) is 0 Å². The van der Waals surface area contributed by atoms with Crippen LogP contribution in [0.1, 0.15) is 43.9 Å². The zero-order chi connectivity index (χ0) is 32.6. The third-order valence-electron chi connectivity index (χ3n) is 10.2. The molecule has 45 heavy (non-hydrogen) atoms. The number of hydrogen-bond donors (Lipinski definition) is 1. The second-order valence-electron chi connectivity index (χ2n) is 13.3. The Balaban J connectivity index is 1.63. The van der Waals surface area contributed by atoms with E-state index in [0.717, 1.165) is 28.8 Å². The van der Waals surface area contributed by atoms with Crippen molar-refractivity contribution in [2.45, 2.75) is 69.7 Å². The molecule has 3 unspecified atom stereocenters. The van der Waals surface area contributed by atoms with E-state index >= 15 is 4.79 Å². The SMILES string of the molecule is C=CCN(Cc1ccccc1)C(=O)[C@@H]1[C@@H]2CC(C)C3(S2)C(C(=O)N(CC=C)c2c(C)cccc2C)N([C@@H](CO)C(C)C)C(=O)[C@H]13. The van der Waals surface area contributed by atoms with E-state index in [0.29, 0.717) is 13.1 Å². The van der Waals surface area contributed by atoms with E-state index in [9.17, 15) is 14.7 Å². The minimum Gasteiger partial charge on any atom is -0.394 e. The normalized spacial score (nSPS) is 27.4. The molecule has 2 bridgehead atoms. The maximum atomic E-state index is 15.1. The number of thioether (sulfide) groups is 1. The quantitative estimate of drug-likeness (QED) is 0.319. The first-order valence-corrected chi connectivity index (χ1v) is 16.9. The van der Waals surface area contributed by atoms with Gasteiger partial charge in [0.2, 0.25) is 11.8 Å². The molecular weight excluding hydrogens is 582 g/mol. The maximum absolute atomic E-state index is 15.1. The van der Waals surface area contributed by atoms with Crippen molar-refractivity contribution < 1.29 is 19.5 Å². The highest BCUT2D eigenvalue weighted by atomic mass is 32.2. The maximum Gasteiger partial charge on any atom is 0.251 e. The topological polar surface area (TPSA) is 81.2 Å². The van der Waals surface area contributed by atoms with Crippen molar-refractivity contribution in [1.29, 1.82) is 0 Å². The summed E-state index contributed by atoms with van der Waals surface area (Å²) in [5.41, 5.74) is 3.75. The molecule has 0 aliphatic carbocycles. The highest BCUT2D eigenvalue weighted by Crippen LogP contribution is 2.69. The van der Waals surface area contributed by atoms with Crippen molar-refractivity contribution >= 4 is 35.2 Å². The Hall–Kier alpha value is -3.36. The molecule has 5 rings (SSSR count). The van der Waals surface area contributed by atoms with Crippen LogP contribution >= 0.6 is 11.8 Å². The Morgan fingerprint density at radius 2 is 1.69 bits per heavy atom. The molecule has 0 saturated carbocycles. The number of para-hydroxylation sites is 1. The van der Waals surface area contributed by atoms with Crippen molar-refractivity contribution in [3.05, 3.63) is 90.5 Å². The monoisotopic (exact) mass is 629 g/mol. The van der Waals surface area contributed by atoms with Crippen LogP contribution in [0.25, 0.3) is 0 Å². The van der Waals surface area contributed by atoms with Crippen molar-refractivity contribution in [2.75, 3.05) is 24.6 Å². The molecule has 1 N–H and O–H groups in total. The van der Waals surface area contributed by atoms with Gasteiger partial charge in [-0.05, 0) is 48.8 Å². The second kappa shape index (κ2) is 13.2. The molecule has 3 fully saturated rings. The number of anilines is 1. The minimum atomic E-state index is -0.835. The fourth-order valence-electron chi connectivity index (χ4n) is 8.20. The summed E-state index contributed by atoms with van der Waals surface area (Å²) in [4.78, 5) is 49.8. The Kier molecular flexibility index (Phi) is 9.66. The Morgan fingerprint density at radius 3 is 2.27 bits per heavy atom. The zero-order valence-electron chi connectivity index (χ0n) is 27.2. The molecule has 1 spiro atoms. The molecule has 7 nitrogen and oxygen atoms in total. The lowest BCUT2D eigenvalue weighted by atomic mass is 9.65. The van der Waals surface area contributed by atoms with Crippen LogP contribution in [-0.4, -0.2) is 74.4 Å². The summed E-state index contributed by atoms with van der Waals surface area (Å²) in [6, 6.07) is 14.4. The number of carbonyl (C=O) groups is 3. The molecule has 2 aromatic rings. The fraction of sp³-hybridized carbons (Fsp3) is 0.486. The lowest BCUT2D eigenvalue weighted by Crippen LogP contribution is -2.60. The van der Waals surface area contributed by atoms with Gasteiger partial charge in [-0.3, -0.25) is 14.4 Å². The van der Waals surface area contributed by atoms with Crippen molar-refractivity contribution in [2.24, 2.45) is 23.7 Å². The molecule has 3 aliphatic rings. The number of rotatable bonds is 12. The van der Waals surface area contributed by atoms with Gasteiger partial charge in [0.25, 0.3) is 5.91 Å². The number of amides is 3. The lowest BCUT2D eigenvalue weighted by molar-refractivity contribution is -0.146. The van der Waals surface area contributed by atoms with Gasteiger partial charge in [-0.15, -0.1) is 24.9 Å². The van der Waals surface area contributed by atoms with Gasteiger partial charge in [0.15, 0.2) is 0 Å². The third kappa shape index (κ3) is 5.44. The second-order valence-corrected chi connectivity index (χ2v) is 14.8. The summed E-state index contributed by atoms with van der Waals surface area (Å²) in [5, 5.41) is 10.6. The molecule has 3 amide bonds. The summed E-state index contributed by atoms with van der Waals surface area (Å²) in [5.74, 6) is -1.76. The van der Waals surface area contributed by atoms with Crippen molar-refractivity contribution in [3.8, 4) is 0 Å². The van der Waals surface area contributed by atoms with Crippen LogP contribution < -0.4 is 4.90 Å². The van der Waals surface area contributed by atoms with Gasteiger partial charge in [-0.2, -0.15) is 0 Å². The number of hydrogen-bond acceptors (Lipinski definition) is 5. The molecular formula is C37H47N3O4S. The summed E-state index contributed by atoms with van der Waals surface area (Å²) in [6.45, 7) is 18.7. The van der Waals surface area contributed by atoms with Crippen LogP contribution in [0.15, 0.2) is 73.8 Å². The molecule has 3 saturated heterocycles. The fourth-order valence-corrected chi connectivity index (χ4v) is 10.6. The summed E-state index contributed by atoms with van der Waals surface area (Å²) in [7, 11) is 0. The smallest absolute Gasteiger partial charge is 0.251 e. The molecule has 8 heteroatoms. The van der Waals surface area contributed by atoms with Crippen LogP contribution in [-0.2, 0) is 20.9 Å². The number of aliphatic hydroxyl groups excluding tert-OH is 1. The first-order chi connectivity index (χ1) is 21.5. The first kappa shape index (κ1) is 33.0. The highest BCUT2D eigenvalue weighted by Gasteiger charge is 2.77. The summed E-state index contributed by atoms with van der Waals surface area (Å²) >= 11 is 1.67. The molecule has 0 radical (unpaired) electrons. The van der Waals surface area contributed by atoms with Gasteiger partial charge in [0.1, 0.15) is 6.04 Å². The number of nitrogens with zero attached hydrogens (tertiary/aromatic N) is 3. The van der Waals surface area contributed by atoms with Gasteiger partial charge in [0.05, 0.1) is 29.2 Å². The minimum absolute atomic E-state index is 0.0153. The lowest BCUT2D eigenvalue weighted by Gasteiger charge is -2.43. The molecule has 2 aromatic carbocycles. The van der Waals surface area contributed by atoms with Crippen molar-refractivity contribution in [1.82, 2.24) is 9.80 Å². The van der Waals surface area contributed by atoms with Gasteiger partial charge in [0, 0.05) is 30.6 Å². The van der Waals surface area contributed by atoms with Crippen LogP contribution in [0.2, 0.25) is 0 Å². The Morgan fingerprint density at radius 1 is 1.04 bits per heavy atom. The van der Waals surface area contributed by atoms with Crippen LogP contribution in [0.4, 0.5) is 5.69 Å². The summed E-state index contributed by atoms with van der Waals surface area (Å²) < 4.78 is -0.802. The van der Waals surface area contributed by atoms with E-state index in [1.807, 2.05) is 76.2 Å². The Labute approximate surface area is 272 Å². The van der Waals surface area contributed by atoms with E-state index in [1.165, 1.54) is 0 Å². The Bertz CT molecular complexity index is 1440. The number of likely N-dealkylation sites (tertiary alicyclic amines) is 1. The predicted molar refractivity (Wildman–Crippen MR) is 182 cm³/mol. The van der Waals surface area contributed by atoms with E-state index in [2.05, 4.69) is 20.1 Å². The number of aryl methyl sites for hydroxylation is 2. The van der Waals surface area contributed by atoms with Crippen LogP contribution in [0.5, 0.6) is 0 Å². The molecule has 3 heterocycles. The number of carbonyl (C=O) groups excluding carboxylic acids is 3. The molecule has 7 atom stereocenters. The third-order valence-corrected chi connectivity index (χ3v) is 12.3. The number of benzene rings is 2. The molecule has 240 valence electrons. The molecule has 3 aliphatic heterocycles. The van der Waals surface area contributed by atoms with E-state index < -0.39 is 28.7 Å². The van der Waals surface area contributed by atoms with E-state index in [4.69, 9.17) is 0 Å². The van der Waals surface area contributed by atoms with Crippen LogP contribution in [0, 0.1) is 37.5 Å². The molecule has 0 aromatic heterocycles. The van der Waals surface area contributed by atoms with Crippen LogP contribution in [0.3, 0.4) is 0 Å². The van der Waals surface area contributed by atoms with Gasteiger partial charge in [-0.25, -0.2) is 0 Å². The van der Waals surface area contributed by atoms with E-state index in [1.54, 1.807) is 38.6 Å². The number of aliphatic hydroxyl groups is 1. The number of fused-ring (bicyclic) bond motifs is 1. The predicted octanol–water partition coefficient (Wildman–Crippen LogP) is 5.39. The van der Waals surface area contributed by atoms with E-state index in [-0.39, 0.29) is 48.0 Å². The standard InChI is InChI=1S/C37H47N3O4S/c1-8-18-38(21-27-16-11-10-12-17-27)34(42)30-29-20-26(7)37(45-29)31(30)35(43)40(28(22-41)23(3)4)33(37)36(44)39(19-9-2)32-24(5)14-13-15-25(32)6/h8-17,23,26,28-31,33,41H,1-2,18-22H2,3-7H3/t26?,28-,29-,30+,31-,33?,37?/m0/s1. The zero-order valence-corrected chi connectivity index (χ0v) is 28.0. The largest absolute Gasteiger partial charge is 0.394 e. The van der Waals surface area contributed by atoms with Gasteiger partial charge >= 0.3 is 0 Å². The first-order valence-electron chi connectivity index (χ1n) is 16.1. The summed E-state index contributed by atoms with van der Waals surface area (Å²) in [6.07, 6.45) is 4.19.